The molecule has 0 saturated carbocycles. The Hall–Kier alpha value is -3.23. The summed E-state index contributed by atoms with van der Waals surface area (Å²) >= 11 is 12.4. The van der Waals surface area contributed by atoms with E-state index in [4.69, 9.17) is 33.0 Å². The number of fused-ring (bicyclic) bond motifs is 1. The Morgan fingerprint density at radius 3 is 2.69 bits per heavy atom. The molecular formula is C22H20Cl2N2O6. The van der Waals surface area contributed by atoms with Crippen molar-refractivity contribution in [2.24, 2.45) is 0 Å². The van der Waals surface area contributed by atoms with Crippen LogP contribution in [-0.4, -0.2) is 35.1 Å². The summed E-state index contributed by atoms with van der Waals surface area (Å²) in [4.78, 5) is 35.4. The Labute approximate surface area is 193 Å². The molecule has 2 aromatic carbocycles. The maximum Gasteiger partial charge on any atom is 0.511 e. The molecule has 1 aromatic heterocycles. The highest BCUT2D eigenvalue weighted by atomic mass is 35.5. The molecule has 1 amide bonds. The van der Waals surface area contributed by atoms with Gasteiger partial charge in [-0.25, -0.2) is 9.59 Å². The zero-order valence-electron chi connectivity index (χ0n) is 17.1. The minimum absolute atomic E-state index is 0.198. The van der Waals surface area contributed by atoms with Crippen LogP contribution in [0.15, 0.2) is 47.4 Å². The van der Waals surface area contributed by atoms with E-state index in [-0.39, 0.29) is 30.8 Å². The lowest BCUT2D eigenvalue weighted by Crippen LogP contribution is -2.28. The Bertz CT molecular complexity index is 1230. The highest BCUT2D eigenvalue weighted by Crippen LogP contribution is 2.28. The van der Waals surface area contributed by atoms with E-state index >= 15 is 0 Å². The van der Waals surface area contributed by atoms with Gasteiger partial charge in [0.15, 0.2) is 5.75 Å². The molecule has 10 heteroatoms. The molecule has 3 rings (SSSR count). The highest BCUT2D eigenvalue weighted by Gasteiger charge is 2.15. The number of carbonyl (C=O) groups excluding carboxylic acids is 1. The molecule has 0 aliphatic carbocycles. The Balaban J connectivity index is 1.99. The first-order chi connectivity index (χ1) is 15.3. The molecule has 1 heterocycles. The van der Waals surface area contributed by atoms with E-state index in [1.165, 1.54) is 6.20 Å². The van der Waals surface area contributed by atoms with Crippen molar-refractivity contribution in [1.29, 1.82) is 0 Å². The van der Waals surface area contributed by atoms with Crippen LogP contribution in [0.1, 0.15) is 18.1 Å². The average molecular weight is 479 g/mol. The number of benzene rings is 2. The molecule has 0 aliphatic rings. The van der Waals surface area contributed by atoms with Gasteiger partial charge in [-0.05, 0) is 42.7 Å². The lowest BCUT2D eigenvalue weighted by atomic mass is 10.0. The van der Waals surface area contributed by atoms with Crippen LogP contribution in [0.3, 0.4) is 0 Å². The third-order valence-corrected chi connectivity index (χ3v) is 5.49. The zero-order valence-corrected chi connectivity index (χ0v) is 18.6. The van der Waals surface area contributed by atoms with Crippen LogP contribution >= 0.6 is 23.2 Å². The van der Waals surface area contributed by atoms with Crippen molar-refractivity contribution in [3.8, 4) is 5.75 Å². The van der Waals surface area contributed by atoms with E-state index in [1.54, 1.807) is 35.8 Å². The average Bonchev–Trinajstić information content (AvgIpc) is 2.74. The van der Waals surface area contributed by atoms with Gasteiger partial charge in [0.1, 0.15) is 0 Å². The molecule has 0 spiro atoms. The van der Waals surface area contributed by atoms with Gasteiger partial charge in [0, 0.05) is 18.5 Å². The van der Waals surface area contributed by atoms with Crippen molar-refractivity contribution >= 4 is 46.4 Å². The second-order valence-electron chi connectivity index (χ2n) is 6.77. The molecule has 0 fully saturated rings. The Morgan fingerprint density at radius 1 is 1.19 bits per heavy atom. The predicted molar refractivity (Wildman–Crippen MR) is 121 cm³/mol. The van der Waals surface area contributed by atoms with E-state index in [0.717, 1.165) is 11.1 Å². The van der Waals surface area contributed by atoms with E-state index in [0.29, 0.717) is 22.0 Å². The number of amides is 1. The maximum atomic E-state index is 12.9. The quantitative estimate of drug-likeness (QED) is 0.476. The van der Waals surface area contributed by atoms with Crippen molar-refractivity contribution in [2.75, 3.05) is 13.2 Å². The third-order valence-electron chi connectivity index (χ3n) is 4.63. The molecule has 0 aliphatic heterocycles. The molecule has 2 N–H and O–H groups in total. The molecular weight excluding hydrogens is 459 g/mol. The number of rotatable bonds is 7. The fraction of sp³-hybridized carbons (Fsp3) is 0.227. The number of hydrogen-bond donors (Lipinski definition) is 2. The van der Waals surface area contributed by atoms with Crippen molar-refractivity contribution < 1.29 is 24.2 Å². The minimum atomic E-state index is -1.60. The number of alkyl carbamates (subject to hydrolysis) is 1. The fourth-order valence-electron chi connectivity index (χ4n) is 3.25. The van der Waals surface area contributed by atoms with Gasteiger partial charge in [-0.3, -0.25) is 4.79 Å². The number of ether oxygens (including phenoxy) is 2. The summed E-state index contributed by atoms with van der Waals surface area (Å²) in [6, 6.07) is 10.6. The lowest BCUT2D eigenvalue weighted by molar-refractivity contribution is 0.143. The first-order valence-corrected chi connectivity index (χ1v) is 10.5. The van der Waals surface area contributed by atoms with Gasteiger partial charge in [0.05, 0.1) is 28.4 Å². The number of carboxylic acid groups (broad SMARTS) is 1. The van der Waals surface area contributed by atoms with Gasteiger partial charge >= 0.3 is 12.2 Å². The Kier molecular flexibility index (Phi) is 7.61. The van der Waals surface area contributed by atoms with Crippen LogP contribution < -0.4 is 15.5 Å². The van der Waals surface area contributed by atoms with Gasteiger partial charge in [0.2, 0.25) is 5.43 Å². The normalized spacial score (nSPS) is 10.7. The van der Waals surface area contributed by atoms with E-state index in [2.05, 4.69) is 10.1 Å². The molecule has 0 radical (unpaired) electrons. The van der Waals surface area contributed by atoms with E-state index in [1.807, 2.05) is 12.1 Å². The van der Waals surface area contributed by atoms with E-state index in [9.17, 15) is 14.4 Å². The molecule has 0 saturated heterocycles. The van der Waals surface area contributed by atoms with Crippen molar-refractivity contribution in [3.05, 3.63) is 74.0 Å². The lowest BCUT2D eigenvalue weighted by Gasteiger charge is -2.14. The summed E-state index contributed by atoms with van der Waals surface area (Å²) in [6.07, 6.45) is -0.442. The second-order valence-corrected chi connectivity index (χ2v) is 7.56. The predicted octanol–water partition coefficient (Wildman–Crippen LogP) is 4.70. The highest BCUT2D eigenvalue weighted by molar-refractivity contribution is 6.42. The summed E-state index contributed by atoms with van der Waals surface area (Å²) in [5.74, 6) is -0.334. The first kappa shape index (κ1) is 23.4. The molecule has 0 atom stereocenters. The van der Waals surface area contributed by atoms with Crippen LogP contribution in [0.4, 0.5) is 9.59 Å². The monoisotopic (exact) mass is 478 g/mol. The number of nitrogens with zero attached hydrogens (tertiary/aromatic N) is 1. The van der Waals surface area contributed by atoms with Gasteiger partial charge in [-0.2, -0.15) is 0 Å². The van der Waals surface area contributed by atoms with Crippen molar-refractivity contribution in [2.45, 2.75) is 19.9 Å². The van der Waals surface area contributed by atoms with E-state index < -0.39 is 17.7 Å². The SMILES string of the molecule is CCOC(=O)NCCn1cc(OC(=O)O)c(=O)c2cc(Cc3cccc(Cl)c3Cl)ccc21. The summed E-state index contributed by atoms with van der Waals surface area (Å²) in [6.45, 7) is 2.38. The van der Waals surface area contributed by atoms with Crippen LogP contribution in [0.5, 0.6) is 5.75 Å². The number of pyridine rings is 1. The molecule has 8 nitrogen and oxygen atoms in total. The standard InChI is InChI=1S/C22H20Cl2N2O6/c1-2-31-21(28)25-8-9-26-12-18(32-22(29)30)20(27)15-11-13(6-7-17(15)26)10-14-4-3-5-16(23)19(14)24/h3-7,11-12H,2,8-10H2,1H3,(H,25,28)(H,29,30). The van der Waals surface area contributed by atoms with Crippen LogP contribution in [-0.2, 0) is 17.7 Å². The smallest absolute Gasteiger partial charge is 0.450 e. The van der Waals surface area contributed by atoms with Gasteiger partial charge < -0.3 is 24.5 Å². The molecule has 0 bridgehead atoms. The molecule has 168 valence electrons. The zero-order chi connectivity index (χ0) is 23.3. The van der Waals surface area contributed by atoms with Crippen LogP contribution in [0, 0.1) is 0 Å². The molecule has 32 heavy (non-hydrogen) atoms. The van der Waals surface area contributed by atoms with Gasteiger partial charge in [0.25, 0.3) is 0 Å². The fourth-order valence-corrected chi connectivity index (χ4v) is 3.63. The first-order valence-electron chi connectivity index (χ1n) is 9.70. The minimum Gasteiger partial charge on any atom is -0.450 e. The third kappa shape index (κ3) is 5.52. The van der Waals surface area contributed by atoms with Crippen LogP contribution in [0.25, 0.3) is 10.9 Å². The van der Waals surface area contributed by atoms with Crippen molar-refractivity contribution in [1.82, 2.24) is 9.88 Å². The summed E-state index contributed by atoms with van der Waals surface area (Å²) in [7, 11) is 0. The largest absolute Gasteiger partial charge is 0.511 e. The Morgan fingerprint density at radius 2 is 1.97 bits per heavy atom. The molecule has 0 unspecified atom stereocenters. The van der Waals surface area contributed by atoms with Gasteiger partial charge in [-0.1, -0.05) is 41.4 Å². The van der Waals surface area contributed by atoms with Crippen molar-refractivity contribution in [3.63, 3.8) is 0 Å². The molecule has 3 aromatic rings. The van der Waals surface area contributed by atoms with Crippen LogP contribution in [0.2, 0.25) is 10.0 Å². The summed E-state index contributed by atoms with van der Waals surface area (Å²) in [5, 5.41) is 12.7. The summed E-state index contributed by atoms with van der Waals surface area (Å²) in [5.41, 5.74) is 1.56. The second kappa shape index (κ2) is 10.4. The number of carbonyl (C=O) groups is 2. The number of aromatic nitrogens is 1. The number of nitrogens with one attached hydrogen (secondary N) is 1. The number of halogens is 2. The topological polar surface area (TPSA) is 107 Å². The maximum absolute atomic E-state index is 12.9. The number of hydrogen-bond acceptors (Lipinski definition) is 5. The van der Waals surface area contributed by atoms with Gasteiger partial charge in [-0.15, -0.1) is 0 Å². The summed E-state index contributed by atoms with van der Waals surface area (Å²) < 4.78 is 11.1.